The van der Waals surface area contributed by atoms with Crippen LogP contribution in [0.4, 0.5) is 0 Å². The number of hydrogen-bond donors (Lipinski definition) is 0. The Morgan fingerprint density at radius 3 is 2.71 bits per heavy atom. The summed E-state index contributed by atoms with van der Waals surface area (Å²) < 4.78 is 10.0. The van der Waals surface area contributed by atoms with Crippen molar-refractivity contribution in [2.24, 2.45) is 0 Å². The molecule has 0 aliphatic heterocycles. The Morgan fingerprint density at radius 1 is 1.29 bits per heavy atom. The fraction of sp³-hybridized carbons (Fsp3) is 0.231. The molecule has 0 saturated heterocycles. The summed E-state index contributed by atoms with van der Waals surface area (Å²) in [6, 6.07) is 7.19. The van der Waals surface area contributed by atoms with Gasteiger partial charge in [0, 0.05) is 5.69 Å². The number of fused-ring (bicyclic) bond motifs is 1. The van der Waals surface area contributed by atoms with E-state index in [4.69, 9.17) is 9.47 Å². The lowest BCUT2D eigenvalue weighted by molar-refractivity contribution is 0.0602. The second-order valence-corrected chi connectivity index (χ2v) is 3.66. The zero-order valence-electron chi connectivity index (χ0n) is 9.98. The van der Waals surface area contributed by atoms with Crippen molar-refractivity contribution in [3.63, 3.8) is 0 Å². The molecule has 2 aromatic rings. The summed E-state index contributed by atoms with van der Waals surface area (Å²) in [5.41, 5.74) is 1.98. The molecular formula is C13H13NO3. The summed E-state index contributed by atoms with van der Waals surface area (Å²) in [5.74, 6) is 0.236. The minimum atomic E-state index is -0.384. The van der Waals surface area contributed by atoms with Crippen LogP contribution in [0.1, 0.15) is 16.1 Å². The molecule has 0 fully saturated rings. The average Bonchev–Trinajstić information content (AvgIpc) is 2.35. The van der Waals surface area contributed by atoms with E-state index in [2.05, 4.69) is 4.98 Å². The Morgan fingerprint density at radius 2 is 2.06 bits per heavy atom. The van der Waals surface area contributed by atoms with Gasteiger partial charge in [-0.05, 0) is 25.1 Å². The molecule has 0 radical (unpaired) electrons. The van der Waals surface area contributed by atoms with E-state index in [-0.39, 0.29) is 5.97 Å². The number of aromatic nitrogens is 1. The maximum atomic E-state index is 11.7. The van der Waals surface area contributed by atoms with Gasteiger partial charge in [-0.25, -0.2) is 4.79 Å². The summed E-state index contributed by atoms with van der Waals surface area (Å²) in [6.45, 7) is 1.84. The molecule has 17 heavy (non-hydrogen) atoms. The predicted molar refractivity (Wildman–Crippen MR) is 64.4 cm³/mol. The quantitative estimate of drug-likeness (QED) is 0.744. The topological polar surface area (TPSA) is 48.4 Å². The highest BCUT2D eigenvalue weighted by Gasteiger charge is 2.15. The summed E-state index contributed by atoms with van der Waals surface area (Å²) in [6.07, 6.45) is 0. The average molecular weight is 231 g/mol. The molecule has 0 aliphatic carbocycles. The van der Waals surface area contributed by atoms with Gasteiger partial charge in [0.15, 0.2) is 0 Å². The van der Waals surface area contributed by atoms with Crippen LogP contribution in [0.3, 0.4) is 0 Å². The molecule has 0 aliphatic rings. The van der Waals surface area contributed by atoms with Crippen molar-refractivity contribution in [1.82, 2.24) is 4.98 Å². The first kappa shape index (κ1) is 11.4. The van der Waals surface area contributed by atoms with Crippen molar-refractivity contribution >= 4 is 16.9 Å². The van der Waals surface area contributed by atoms with E-state index in [0.717, 1.165) is 11.2 Å². The highest BCUT2D eigenvalue weighted by atomic mass is 16.5. The lowest BCUT2D eigenvalue weighted by atomic mass is 10.1. The van der Waals surface area contributed by atoms with E-state index in [1.807, 2.05) is 19.1 Å². The van der Waals surface area contributed by atoms with Crippen molar-refractivity contribution in [3.05, 3.63) is 35.5 Å². The standard InChI is InChI=1S/C13H13NO3/c1-8-7-9(13(15)17-3)12-10(14-8)5-4-6-11(12)16-2/h4-7H,1-3H3. The number of carbonyl (C=O) groups excluding carboxylic acids is 1. The molecule has 0 unspecified atom stereocenters. The van der Waals surface area contributed by atoms with E-state index in [9.17, 15) is 4.79 Å². The third-order valence-corrected chi connectivity index (χ3v) is 2.55. The van der Waals surface area contributed by atoms with Crippen LogP contribution in [0.25, 0.3) is 10.9 Å². The summed E-state index contributed by atoms with van der Waals surface area (Å²) >= 11 is 0. The second-order valence-electron chi connectivity index (χ2n) is 3.66. The minimum absolute atomic E-state index is 0.384. The number of rotatable bonds is 2. The zero-order valence-corrected chi connectivity index (χ0v) is 9.98. The number of pyridine rings is 1. The van der Waals surface area contributed by atoms with Gasteiger partial charge in [-0.15, -0.1) is 0 Å². The molecule has 2 rings (SSSR count). The van der Waals surface area contributed by atoms with E-state index < -0.39 is 0 Å². The lowest BCUT2D eigenvalue weighted by Gasteiger charge is -2.09. The Bertz CT molecular complexity index is 578. The van der Waals surface area contributed by atoms with E-state index >= 15 is 0 Å². The number of esters is 1. The molecule has 0 amide bonds. The second kappa shape index (κ2) is 4.41. The molecule has 1 heterocycles. The first-order valence-electron chi connectivity index (χ1n) is 5.20. The fourth-order valence-electron chi connectivity index (χ4n) is 1.83. The summed E-state index contributed by atoms with van der Waals surface area (Å²) in [7, 11) is 2.93. The molecule has 4 heteroatoms. The normalized spacial score (nSPS) is 10.3. The number of nitrogens with zero attached hydrogens (tertiary/aromatic N) is 1. The molecular weight excluding hydrogens is 218 g/mol. The minimum Gasteiger partial charge on any atom is -0.496 e. The third-order valence-electron chi connectivity index (χ3n) is 2.55. The zero-order chi connectivity index (χ0) is 12.4. The van der Waals surface area contributed by atoms with Crippen LogP contribution in [0, 0.1) is 6.92 Å². The van der Waals surface area contributed by atoms with Gasteiger partial charge in [-0.2, -0.15) is 0 Å². The smallest absolute Gasteiger partial charge is 0.338 e. The SMILES string of the molecule is COC(=O)c1cc(C)nc2cccc(OC)c12. The maximum Gasteiger partial charge on any atom is 0.338 e. The van der Waals surface area contributed by atoms with E-state index in [0.29, 0.717) is 16.7 Å². The maximum absolute atomic E-state index is 11.7. The molecule has 0 N–H and O–H groups in total. The Balaban J connectivity index is 2.84. The number of benzene rings is 1. The highest BCUT2D eigenvalue weighted by Crippen LogP contribution is 2.28. The van der Waals surface area contributed by atoms with Gasteiger partial charge >= 0.3 is 5.97 Å². The predicted octanol–water partition coefficient (Wildman–Crippen LogP) is 2.34. The molecule has 0 spiro atoms. The Labute approximate surface area is 99.2 Å². The number of hydrogen-bond acceptors (Lipinski definition) is 4. The van der Waals surface area contributed by atoms with Crippen LogP contribution >= 0.6 is 0 Å². The summed E-state index contributed by atoms with van der Waals surface area (Å²) in [5, 5.41) is 0.687. The van der Waals surface area contributed by atoms with Crippen LogP contribution in [0.2, 0.25) is 0 Å². The van der Waals surface area contributed by atoms with Crippen molar-refractivity contribution in [2.75, 3.05) is 14.2 Å². The first-order valence-corrected chi connectivity index (χ1v) is 5.20. The third kappa shape index (κ3) is 1.93. The molecule has 1 aromatic heterocycles. The Hall–Kier alpha value is -2.10. The summed E-state index contributed by atoms with van der Waals surface area (Å²) in [4.78, 5) is 16.1. The van der Waals surface area contributed by atoms with Crippen LogP contribution in [-0.2, 0) is 4.74 Å². The number of ether oxygens (including phenoxy) is 2. The lowest BCUT2D eigenvalue weighted by Crippen LogP contribution is -2.04. The van der Waals surface area contributed by atoms with E-state index in [1.54, 1.807) is 19.2 Å². The molecule has 0 bridgehead atoms. The van der Waals surface area contributed by atoms with Crippen molar-refractivity contribution < 1.29 is 14.3 Å². The molecule has 0 saturated carbocycles. The van der Waals surface area contributed by atoms with E-state index in [1.165, 1.54) is 7.11 Å². The molecule has 4 nitrogen and oxygen atoms in total. The van der Waals surface area contributed by atoms with Crippen LogP contribution in [-0.4, -0.2) is 25.2 Å². The van der Waals surface area contributed by atoms with Gasteiger partial charge in [0.05, 0.1) is 30.7 Å². The molecule has 1 aromatic carbocycles. The van der Waals surface area contributed by atoms with Gasteiger partial charge in [-0.1, -0.05) is 6.07 Å². The Kier molecular flexibility index (Phi) is 2.95. The number of aryl methyl sites for hydroxylation is 1. The van der Waals surface area contributed by atoms with Gasteiger partial charge in [0.2, 0.25) is 0 Å². The molecule has 88 valence electrons. The van der Waals surface area contributed by atoms with Crippen molar-refractivity contribution in [3.8, 4) is 5.75 Å². The van der Waals surface area contributed by atoms with Crippen LogP contribution < -0.4 is 4.74 Å². The van der Waals surface area contributed by atoms with Crippen LogP contribution in [0.5, 0.6) is 5.75 Å². The van der Waals surface area contributed by atoms with Gasteiger partial charge in [-0.3, -0.25) is 4.98 Å². The largest absolute Gasteiger partial charge is 0.496 e. The van der Waals surface area contributed by atoms with Gasteiger partial charge in [0.1, 0.15) is 5.75 Å². The number of carbonyl (C=O) groups is 1. The van der Waals surface area contributed by atoms with Gasteiger partial charge in [0.25, 0.3) is 0 Å². The van der Waals surface area contributed by atoms with Gasteiger partial charge < -0.3 is 9.47 Å². The van der Waals surface area contributed by atoms with Crippen molar-refractivity contribution in [2.45, 2.75) is 6.92 Å². The molecule has 0 atom stereocenters. The van der Waals surface area contributed by atoms with Crippen LogP contribution in [0.15, 0.2) is 24.3 Å². The number of methoxy groups -OCH3 is 2. The van der Waals surface area contributed by atoms with Crippen molar-refractivity contribution in [1.29, 1.82) is 0 Å². The monoisotopic (exact) mass is 231 g/mol. The highest BCUT2D eigenvalue weighted by molar-refractivity contribution is 6.06. The first-order chi connectivity index (χ1) is 8.17. The fourth-order valence-corrected chi connectivity index (χ4v) is 1.83.